The molecule has 2 nitrogen and oxygen atoms in total. The summed E-state index contributed by atoms with van der Waals surface area (Å²) in [5, 5.41) is 12.1. The summed E-state index contributed by atoms with van der Waals surface area (Å²) in [6.45, 7) is 0. The maximum atomic E-state index is 6.74. The smallest absolute Gasteiger partial charge is 0.143 e. The van der Waals surface area contributed by atoms with Gasteiger partial charge >= 0.3 is 0 Å². The van der Waals surface area contributed by atoms with Gasteiger partial charge in [0.15, 0.2) is 0 Å². The zero-order valence-corrected chi connectivity index (χ0v) is 32.7. The van der Waals surface area contributed by atoms with Crippen LogP contribution in [0.15, 0.2) is 229 Å². The molecule has 1 aromatic heterocycles. The zero-order chi connectivity index (χ0) is 39.6. The summed E-state index contributed by atoms with van der Waals surface area (Å²) in [5.41, 5.74) is 12.1. The van der Waals surface area contributed by atoms with Gasteiger partial charge in [0.05, 0.1) is 5.69 Å². The number of para-hydroxylation sites is 1. The Morgan fingerprint density at radius 1 is 0.283 bits per heavy atom. The van der Waals surface area contributed by atoms with E-state index in [0.29, 0.717) is 0 Å². The van der Waals surface area contributed by atoms with Gasteiger partial charge in [0, 0.05) is 39.2 Å². The summed E-state index contributed by atoms with van der Waals surface area (Å²) in [7, 11) is 0. The molecular weight excluding hydrogens is 727 g/mol. The minimum Gasteiger partial charge on any atom is -0.455 e. The van der Waals surface area contributed by atoms with Crippen molar-refractivity contribution in [2.45, 2.75) is 0 Å². The van der Waals surface area contributed by atoms with Gasteiger partial charge in [0.25, 0.3) is 0 Å². The molecule has 11 aromatic carbocycles. The van der Waals surface area contributed by atoms with Gasteiger partial charge in [-0.25, -0.2) is 0 Å². The highest BCUT2D eigenvalue weighted by Crippen LogP contribution is 2.44. The van der Waals surface area contributed by atoms with E-state index in [9.17, 15) is 0 Å². The van der Waals surface area contributed by atoms with E-state index in [2.05, 4.69) is 229 Å². The first-order chi connectivity index (χ1) is 29.7. The van der Waals surface area contributed by atoms with Crippen LogP contribution in [0.25, 0.3) is 98.4 Å². The lowest BCUT2D eigenvalue weighted by Gasteiger charge is -2.28. The van der Waals surface area contributed by atoms with Gasteiger partial charge in [-0.2, -0.15) is 0 Å². The van der Waals surface area contributed by atoms with Gasteiger partial charge in [-0.15, -0.1) is 0 Å². The lowest BCUT2D eigenvalue weighted by molar-refractivity contribution is 0.672. The lowest BCUT2D eigenvalue weighted by atomic mass is 9.92. The van der Waals surface area contributed by atoms with Gasteiger partial charge < -0.3 is 9.32 Å². The number of hydrogen-bond acceptors (Lipinski definition) is 2. The molecule has 0 unspecified atom stereocenters. The largest absolute Gasteiger partial charge is 0.455 e. The van der Waals surface area contributed by atoms with E-state index in [0.717, 1.165) is 55.5 Å². The SMILES string of the molecule is c1ccc(N(c2ccc(-c3ccc4ccccc4c3)cc2)c2ccc3c(c2)oc2c4ccccc4ccc32)c(-c2ccc(-c3cc4ccccc4c4ccccc34)cc2)c1. The number of benzene rings is 11. The summed E-state index contributed by atoms with van der Waals surface area (Å²) in [4.78, 5) is 2.37. The van der Waals surface area contributed by atoms with E-state index in [4.69, 9.17) is 4.42 Å². The van der Waals surface area contributed by atoms with Crippen LogP contribution in [-0.2, 0) is 0 Å². The highest BCUT2D eigenvalue weighted by molar-refractivity contribution is 6.16. The molecule has 0 spiro atoms. The molecule has 0 aliphatic rings. The van der Waals surface area contributed by atoms with Crippen LogP contribution >= 0.6 is 0 Å². The molecule has 0 saturated carbocycles. The standard InChI is InChI=1S/C58H37NO/c1-2-13-43-35-44(26-21-38(43)11-1)39-27-30-46(31-28-39)59(47-32-34-53-54-33-29-40-12-3-6-17-50(40)58(54)60-57(53)37-47)56-20-10-9-16-49(56)41-22-24-42(25-23-41)55-36-45-14-4-5-15-48(45)51-18-7-8-19-52(51)55/h1-37H. The van der Waals surface area contributed by atoms with Crippen molar-refractivity contribution >= 4 is 82.1 Å². The molecule has 1 heterocycles. The second kappa shape index (κ2) is 13.9. The third-order valence-electron chi connectivity index (χ3n) is 12.2. The molecule has 0 radical (unpaired) electrons. The zero-order valence-electron chi connectivity index (χ0n) is 32.7. The first-order valence-corrected chi connectivity index (χ1v) is 20.6. The summed E-state index contributed by atoms with van der Waals surface area (Å²) in [6.07, 6.45) is 0. The molecule has 12 aromatic rings. The molecule has 12 rings (SSSR count). The van der Waals surface area contributed by atoms with Crippen LogP contribution in [0.4, 0.5) is 17.1 Å². The molecule has 0 fully saturated rings. The number of anilines is 3. The molecule has 280 valence electrons. The number of hydrogen-bond donors (Lipinski definition) is 0. The van der Waals surface area contributed by atoms with Gasteiger partial charge in [-0.1, -0.05) is 170 Å². The van der Waals surface area contributed by atoms with Crippen molar-refractivity contribution < 1.29 is 4.42 Å². The summed E-state index contributed by atoms with van der Waals surface area (Å²) in [6, 6.07) is 81.3. The fourth-order valence-electron chi connectivity index (χ4n) is 9.27. The van der Waals surface area contributed by atoms with E-state index in [1.165, 1.54) is 60.0 Å². The summed E-state index contributed by atoms with van der Waals surface area (Å²) in [5.74, 6) is 0. The highest BCUT2D eigenvalue weighted by Gasteiger charge is 2.20. The van der Waals surface area contributed by atoms with Crippen LogP contribution in [0, 0.1) is 0 Å². The van der Waals surface area contributed by atoms with Gasteiger partial charge in [-0.05, 0) is 114 Å². The average Bonchev–Trinajstić information content (AvgIpc) is 3.70. The summed E-state index contributed by atoms with van der Waals surface area (Å²) < 4.78 is 6.74. The lowest BCUT2D eigenvalue weighted by Crippen LogP contribution is -2.11. The normalized spacial score (nSPS) is 11.7. The average molecular weight is 764 g/mol. The Balaban J connectivity index is 0.996. The number of furan rings is 1. The molecule has 2 heteroatoms. The van der Waals surface area contributed by atoms with Gasteiger partial charge in [-0.3, -0.25) is 0 Å². The van der Waals surface area contributed by atoms with Crippen molar-refractivity contribution in [2.75, 3.05) is 4.90 Å². The maximum Gasteiger partial charge on any atom is 0.143 e. The van der Waals surface area contributed by atoms with E-state index in [1.807, 2.05) is 0 Å². The molecule has 0 bridgehead atoms. The Morgan fingerprint density at radius 2 is 0.850 bits per heavy atom. The second-order valence-electron chi connectivity index (χ2n) is 15.7. The topological polar surface area (TPSA) is 16.4 Å². The molecule has 0 aliphatic heterocycles. The molecule has 0 atom stereocenters. The molecular formula is C58H37NO. The quantitative estimate of drug-likeness (QED) is 0.157. The van der Waals surface area contributed by atoms with Crippen molar-refractivity contribution in [1.29, 1.82) is 0 Å². The molecule has 60 heavy (non-hydrogen) atoms. The predicted octanol–water partition coefficient (Wildman–Crippen LogP) is 16.7. The first kappa shape index (κ1) is 34.1. The van der Waals surface area contributed by atoms with Crippen molar-refractivity contribution in [1.82, 2.24) is 0 Å². The van der Waals surface area contributed by atoms with Crippen LogP contribution in [0.1, 0.15) is 0 Å². The molecule has 0 N–H and O–H groups in total. The Kier molecular flexibility index (Phi) is 7.89. The number of rotatable bonds is 6. The minimum absolute atomic E-state index is 0.862. The molecule has 0 aliphatic carbocycles. The van der Waals surface area contributed by atoms with E-state index in [-0.39, 0.29) is 0 Å². The van der Waals surface area contributed by atoms with Crippen LogP contribution in [0.5, 0.6) is 0 Å². The first-order valence-electron chi connectivity index (χ1n) is 20.6. The highest BCUT2D eigenvalue weighted by atomic mass is 16.3. The Labute approximate surface area is 347 Å². The van der Waals surface area contributed by atoms with Crippen molar-refractivity contribution in [3.05, 3.63) is 224 Å². The monoisotopic (exact) mass is 763 g/mol. The molecule has 0 saturated heterocycles. The maximum absolute atomic E-state index is 6.74. The second-order valence-corrected chi connectivity index (χ2v) is 15.7. The van der Waals surface area contributed by atoms with Crippen LogP contribution < -0.4 is 4.90 Å². The Morgan fingerprint density at radius 3 is 1.67 bits per heavy atom. The third-order valence-corrected chi connectivity index (χ3v) is 12.2. The van der Waals surface area contributed by atoms with Crippen molar-refractivity contribution in [3.8, 4) is 33.4 Å². The van der Waals surface area contributed by atoms with E-state index in [1.54, 1.807) is 0 Å². The van der Waals surface area contributed by atoms with Gasteiger partial charge in [0.1, 0.15) is 11.2 Å². The predicted molar refractivity (Wildman–Crippen MR) is 255 cm³/mol. The third kappa shape index (κ3) is 5.65. The van der Waals surface area contributed by atoms with Crippen LogP contribution in [0.3, 0.4) is 0 Å². The fourth-order valence-corrected chi connectivity index (χ4v) is 9.27. The van der Waals surface area contributed by atoms with Crippen molar-refractivity contribution in [2.24, 2.45) is 0 Å². The number of fused-ring (bicyclic) bond motifs is 9. The Hall–Kier alpha value is -7.94. The Bertz CT molecular complexity index is 3600. The summed E-state index contributed by atoms with van der Waals surface area (Å²) >= 11 is 0. The number of nitrogens with zero attached hydrogens (tertiary/aromatic N) is 1. The van der Waals surface area contributed by atoms with Crippen molar-refractivity contribution in [3.63, 3.8) is 0 Å². The molecule has 0 amide bonds. The fraction of sp³-hybridized carbons (Fsp3) is 0. The van der Waals surface area contributed by atoms with Gasteiger partial charge in [0.2, 0.25) is 0 Å². The van der Waals surface area contributed by atoms with Crippen LogP contribution in [0.2, 0.25) is 0 Å². The van der Waals surface area contributed by atoms with E-state index >= 15 is 0 Å². The van der Waals surface area contributed by atoms with Crippen LogP contribution in [-0.4, -0.2) is 0 Å². The van der Waals surface area contributed by atoms with E-state index < -0.39 is 0 Å². The minimum atomic E-state index is 0.862.